The SMILES string of the molecule is O=C(CCc1ccc(S(=O)(=O)N2CCCC2)cc1)NCc1nnc2n1CCCCC2. The summed E-state index contributed by atoms with van der Waals surface area (Å²) < 4.78 is 28.8. The Morgan fingerprint density at radius 3 is 2.47 bits per heavy atom. The molecule has 0 saturated carbocycles. The van der Waals surface area contributed by atoms with E-state index < -0.39 is 10.0 Å². The Balaban J connectivity index is 1.28. The molecule has 0 unspecified atom stereocenters. The summed E-state index contributed by atoms with van der Waals surface area (Å²) in [5.74, 6) is 1.78. The minimum atomic E-state index is -3.39. The van der Waals surface area contributed by atoms with Crippen molar-refractivity contribution in [2.24, 2.45) is 0 Å². The quantitative estimate of drug-likeness (QED) is 0.724. The summed E-state index contributed by atoms with van der Waals surface area (Å²) in [7, 11) is -3.39. The lowest BCUT2D eigenvalue weighted by atomic mass is 10.1. The second-order valence-electron chi connectivity index (χ2n) is 8.03. The van der Waals surface area contributed by atoms with Gasteiger partial charge in [0.15, 0.2) is 5.82 Å². The second-order valence-corrected chi connectivity index (χ2v) is 9.96. The van der Waals surface area contributed by atoms with E-state index in [0.29, 0.717) is 37.4 Å². The van der Waals surface area contributed by atoms with Gasteiger partial charge in [0.05, 0.1) is 11.4 Å². The molecule has 2 aliphatic heterocycles. The van der Waals surface area contributed by atoms with Crippen LogP contribution in [0.5, 0.6) is 0 Å². The van der Waals surface area contributed by atoms with Crippen LogP contribution in [-0.4, -0.2) is 46.5 Å². The van der Waals surface area contributed by atoms with Crippen molar-refractivity contribution in [1.82, 2.24) is 24.4 Å². The van der Waals surface area contributed by atoms with E-state index in [1.165, 1.54) is 6.42 Å². The zero-order valence-corrected chi connectivity index (χ0v) is 18.0. The van der Waals surface area contributed by atoms with Gasteiger partial charge in [-0.15, -0.1) is 10.2 Å². The third-order valence-electron chi connectivity index (χ3n) is 5.90. The maximum absolute atomic E-state index is 12.6. The van der Waals surface area contributed by atoms with Crippen molar-refractivity contribution >= 4 is 15.9 Å². The fourth-order valence-corrected chi connectivity index (χ4v) is 5.62. The topological polar surface area (TPSA) is 97.2 Å². The molecule has 0 atom stereocenters. The predicted octanol–water partition coefficient (Wildman–Crippen LogP) is 2.04. The van der Waals surface area contributed by atoms with Crippen molar-refractivity contribution in [3.05, 3.63) is 41.5 Å². The zero-order valence-electron chi connectivity index (χ0n) is 17.2. The number of aromatic nitrogens is 3. The van der Waals surface area contributed by atoms with Gasteiger partial charge in [0.1, 0.15) is 5.82 Å². The first-order valence-electron chi connectivity index (χ1n) is 10.8. The molecule has 0 spiro atoms. The maximum atomic E-state index is 12.6. The largest absolute Gasteiger partial charge is 0.349 e. The van der Waals surface area contributed by atoms with Gasteiger partial charge >= 0.3 is 0 Å². The first-order valence-corrected chi connectivity index (χ1v) is 12.2. The number of hydrogen-bond acceptors (Lipinski definition) is 5. The summed E-state index contributed by atoms with van der Waals surface area (Å²) in [6, 6.07) is 6.89. The van der Waals surface area contributed by atoms with Crippen LogP contribution in [0.2, 0.25) is 0 Å². The standard InChI is InChI=1S/C21H29N5O3S/c27-21(22-16-20-24-23-19-6-2-1-3-15-26(19)20)12-9-17-7-10-18(11-8-17)30(28,29)25-13-4-5-14-25/h7-8,10-11H,1-6,9,12-16H2,(H,22,27). The molecule has 9 heteroatoms. The zero-order chi connectivity index (χ0) is 21.0. The summed E-state index contributed by atoms with van der Waals surface area (Å²) in [4.78, 5) is 12.6. The summed E-state index contributed by atoms with van der Waals surface area (Å²) in [5, 5.41) is 11.4. The van der Waals surface area contributed by atoms with E-state index in [4.69, 9.17) is 0 Å². The minimum absolute atomic E-state index is 0.0465. The Morgan fingerprint density at radius 1 is 0.967 bits per heavy atom. The van der Waals surface area contributed by atoms with Gasteiger partial charge in [-0.1, -0.05) is 18.6 Å². The van der Waals surface area contributed by atoms with Crippen LogP contribution in [-0.2, 0) is 40.7 Å². The van der Waals surface area contributed by atoms with E-state index in [-0.39, 0.29) is 5.91 Å². The summed E-state index contributed by atoms with van der Waals surface area (Å²) >= 11 is 0. The third-order valence-corrected chi connectivity index (χ3v) is 7.81. The highest BCUT2D eigenvalue weighted by Crippen LogP contribution is 2.21. The monoisotopic (exact) mass is 431 g/mol. The molecule has 4 rings (SSSR count). The third kappa shape index (κ3) is 4.73. The molecule has 1 aromatic heterocycles. The van der Waals surface area contributed by atoms with Crippen LogP contribution >= 0.6 is 0 Å². The molecule has 1 saturated heterocycles. The lowest BCUT2D eigenvalue weighted by molar-refractivity contribution is -0.121. The first kappa shape index (κ1) is 21.0. The van der Waals surface area contributed by atoms with E-state index in [1.807, 2.05) is 0 Å². The Bertz CT molecular complexity index is 979. The van der Waals surface area contributed by atoms with Gasteiger partial charge in [-0.05, 0) is 49.8 Å². The number of sulfonamides is 1. The average Bonchev–Trinajstić information content (AvgIpc) is 3.37. The molecular formula is C21H29N5O3S. The van der Waals surface area contributed by atoms with Crippen LogP contribution in [0.3, 0.4) is 0 Å². The van der Waals surface area contributed by atoms with E-state index in [0.717, 1.165) is 55.9 Å². The number of aryl methyl sites for hydroxylation is 2. The fraction of sp³-hybridized carbons (Fsp3) is 0.571. The molecule has 1 fully saturated rings. The first-order chi connectivity index (χ1) is 14.5. The van der Waals surface area contributed by atoms with E-state index in [9.17, 15) is 13.2 Å². The van der Waals surface area contributed by atoms with Crippen LogP contribution in [0, 0.1) is 0 Å². The second kappa shape index (κ2) is 9.26. The molecule has 0 aliphatic carbocycles. The molecule has 1 N–H and O–H groups in total. The van der Waals surface area contributed by atoms with Gasteiger partial charge in [-0.3, -0.25) is 4.79 Å². The summed E-state index contributed by atoms with van der Waals surface area (Å²) in [6.45, 7) is 2.50. The minimum Gasteiger partial charge on any atom is -0.349 e. The summed E-state index contributed by atoms with van der Waals surface area (Å²) in [6.07, 6.45) is 7.16. The molecule has 8 nitrogen and oxygen atoms in total. The Labute approximate surface area is 177 Å². The van der Waals surface area contributed by atoms with E-state index in [1.54, 1.807) is 28.6 Å². The predicted molar refractivity (Wildman–Crippen MR) is 112 cm³/mol. The normalized spacial score (nSPS) is 17.5. The van der Waals surface area contributed by atoms with E-state index >= 15 is 0 Å². The van der Waals surface area contributed by atoms with Gasteiger partial charge in [0.2, 0.25) is 15.9 Å². The number of rotatable bonds is 7. The van der Waals surface area contributed by atoms with Gasteiger partial charge in [-0.25, -0.2) is 8.42 Å². The molecule has 0 radical (unpaired) electrons. The van der Waals surface area contributed by atoms with Crippen molar-refractivity contribution in [1.29, 1.82) is 0 Å². The fourth-order valence-electron chi connectivity index (χ4n) is 4.11. The molecule has 0 bridgehead atoms. The maximum Gasteiger partial charge on any atom is 0.243 e. The van der Waals surface area contributed by atoms with Crippen LogP contribution < -0.4 is 5.32 Å². The molecule has 2 aliphatic rings. The Kier molecular flexibility index (Phi) is 6.48. The van der Waals surface area contributed by atoms with Gasteiger partial charge in [-0.2, -0.15) is 4.31 Å². The number of hydrogen-bond donors (Lipinski definition) is 1. The van der Waals surface area contributed by atoms with Crippen molar-refractivity contribution < 1.29 is 13.2 Å². The number of nitrogens with one attached hydrogen (secondary N) is 1. The average molecular weight is 432 g/mol. The molecule has 162 valence electrons. The molecule has 1 aromatic carbocycles. The Morgan fingerprint density at radius 2 is 1.70 bits per heavy atom. The van der Waals surface area contributed by atoms with Gasteiger partial charge in [0, 0.05) is 32.5 Å². The molecule has 30 heavy (non-hydrogen) atoms. The van der Waals surface area contributed by atoms with Crippen LogP contribution in [0.1, 0.15) is 55.7 Å². The molecular weight excluding hydrogens is 402 g/mol. The number of fused-ring (bicyclic) bond motifs is 1. The van der Waals surface area contributed by atoms with Crippen molar-refractivity contribution in [3.63, 3.8) is 0 Å². The summed E-state index contributed by atoms with van der Waals surface area (Å²) in [5.41, 5.74) is 0.946. The van der Waals surface area contributed by atoms with Crippen molar-refractivity contribution in [3.8, 4) is 0 Å². The molecule has 3 heterocycles. The lowest BCUT2D eigenvalue weighted by Crippen LogP contribution is -2.27. The molecule has 2 aromatic rings. The number of amides is 1. The van der Waals surface area contributed by atoms with Gasteiger partial charge in [0.25, 0.3) is 0 Å². The lowest BCUT2D eigenvalue weighted by Gasteiger charge is -2.15. The smallest absolute Gasteiger partial charge is 0.243 e. The van der Waals surface area contributed by atoms with E-state index in [2.05, 4.69) is 20.1 Å². The van der Waals surface area contributed by atoms with Crippen LogP contribution in [0.15, 0.2) is 29.2 Å². The highest BCUT2D eigenvalue weighted by molar-refractivity contribution is 7.89. The molecule has 1 amide bonds. The highest BCUT2D eigenvalue weighted by atomic mass is 32.2. The van der Waals surface area contributed by atoms with Crippen LogP contribution in [0.25, 0.3) is 0 Å². The van der Waals surface area contributed by atoms with Crippen LogP contribution in [0.4, 0.5) is 0 Å². The number of benzene rings is 1. The van der Waals surface area contributed by atoms with Gasteiger partial charge < -0.3 is 9.88 Å². The Hall–Kier alpha value is -2.26. The number of carbonyl (C=O) groups is 1. The van der Waals surface area contributed by atoms with Crippen molar-refractivity contribution in [2.75, 3.05) is 13.1 Å². The number of nitrogens with zero attached hydrogens (tertiary/aromatic N) is 4. The number of carbonyl (C=O) groups excluding carboxylic acids is 1. The highest BCUT2D eigenvalue weighted by Gasteiger charge is 2.26. The van der Waals surface area contributed by atoms with Crippen molar-refractivity contribution in [2.45, 2.75) is 69.4 Å².